The molecule has 1 fully saturated rings. The lowest BCUT2D eigenvalue weighted by Crippen LogP contribution is -2.29. The van der Waals surface area contributed by atoms with Crippen LogP contribution < -0.4 is 0 Å². The zero-order valence-corrected chi connectivity index (χ0v) is 11.7. The van der Waals surface area contributed by atoms with Gasteiger partial charge in [0.1, 0.15) is 5.37 Å². The van der Waals surface area contributed by atoms with E-state index in [2.05, 4.69) is 18.0 Å². The van der Waals surface area contributed by atoms with Gasteiger partial charge in [-0.3, -0.25) is 9.78 Å². The van der Waals surface area contributed by atoms with Crippen LogP contribution in [-0.2, 0) is 4.79 Å². The van der Waals surface area contributed by atoms with Crippen molar-refractivity contribution in [2.75, 3.05) is 12.3 Å². The van der Waals surface area contributed by atoms with E-state index in [0.717, 1.165) is 23.9 Å². The third-order valence-corrected chi connectivity index (χ3v) is 4.62. The maximum atomic E-state index is 12.0. The van der Waals surface area contributed by atoms with Crippen LogP contribution in [0.4, 0.5) is 0 Å². The van der Waals surface area contributed by atoms with Crippen LogP contribution in [0.3, 0.4) is 0 Å². The Balaban J connectivity index is 2.06. The number of para-hydroxylation sites is 1. The van der Waals surface area contributed by atoms with Crippen LogP contribution in [0, 0.1) is 0 Å². The van der Waals surface area contributed by atoms with Gasteiger partial charge >= 0.3 is 0 Å². The van der Waals surface area contributed by atoms with Crippen LogP contribution in [0.5, 0.6) is 0 Å². The fraction of sp³-hybridized carbons (Fsp3) is 0.333. The van der Waals surface area contributed by atoms with E-state index in [4.69, 9.17) is 0 Å². The van der Waals surface area contributed by atoms with E-state index in [1.807, 2.05) is 35.4 Å². The van der Waals surface area contributed by atoms with Crippen molar-refractivity contribution in [3.63, 3.8) is 0 Å². The van der Waals surface area contributed by atoms with E-state index < -0.39 is 0 Å². The minimum atomic E-state index is 0.139. The average Bonchev–Trinajstić information content (AvgIpc) is 2.80. The fourth-order valence-corrected chi connectivity index (χ4v) is 3.78. The summed E-state index contributed by atoms with van der Waals surface area (Å²) in [5.41, 5.74) is 2.20. The van der Waals surface area contributed by atoms with Gasteiger partial charge in [0.25, 0.3) is 0 Å². The summed E-state index contributed by atoms with van der Waals surface area (Å²) >= 11 is 1.72. The first-order chi connectivity index (χ1) is 9.31. The van der Waals surface area contributed by atoms with Crippen molar-refractivity contribution in [2.45, 2.75) is 18.7 Å². The van der Waals surface area contributed by atoms with E-state index >= 15 is 0 Å². The first-order valence-electron chi connectivity index (χ1n) is 6.56. The monoisotopic (exact) mass is 272 g/mol. The second-order valence-corrected chi connectivity index (χ2v) is 5.74. The van der Waals surface area contributed by atoms with Crippen molar-refractivity contribution in [2.24, 2.45) is 0 Å². The Morgan fingerprint density at radius 2 is 2.21 bits per heavy atom. The smallest absolute Gasteiger partial charge is 0.233 e. The molecule has 1 aromatic heterocycles. The molecular weight excluding hydrogens is 256 g/mol. The van der Waals surface area contributed by atoms with Crippen LogP contribution in [0.25, 0.3) is 10.9 Å². The summed E-state index contributed by atoms with van der Waals surface area (Å²) in [7, 11) is 0. The second kappa shape index (κ2) is 5.21. The van der Waals surface area contributed by atoms with E-state index in [1.165, 1.54) is 5.56 Å². The van der Waals surface area contributed by atoms with Gasteiger partial charge in [-0.15, -0.1) is 11.8 Å². The molecule has 1 amide bonds. The third kappa shape index (κ3) is 2.21. The van der Waals surface area contributed by atoms with Gasteiger partial charge in [0.2, 0.25) is 5.91 Å². The number of carbonyl (C=O) groups is 1. The molecule has 0 aliphatic carbocycles. The molecule has 2 aromatic rings. The first kappa shape index (κ1) is 12.5. The van der Waals surface area contributed by atoms with E-state index in [-0.39, 0.29) is 11.3 Å². The number of hydrogen-bond donors (Lipinski definition) is 0. The lowest BCUT2D eigenvalue weighted by molar-refractivity contribution is -0.128. The van der Waals surface area contributed by atoms with Crippen molar-refractivity contribution >= 4 is 28.6 Å². The van der Waals surface area contributed by atoms with Gasteiger partial charge < -0.3 is 4.90 Å². The first-order valence-corrected chi connectivity index (χ1v) is 7.61. The summed E-state index contributed by atoms with van der Waals surface area (Å²) in [6, 6.07) is 10.2. The maximum Gasteiger partial charge on any atom is 0.233 e. The molecule has 0 N–H and O–H groups in total. The number of amides is 1. The number of thioether (sulfide) groups is 1. The van der Waals surface area contributed by atoms with Crippen molar-refractivity contribution < 1.29 is 4.79 Å². The molecule has 0 spiro atoms. The Morgan fingerprint density at radius 1 is 1.37 bits per heavy atom. The molecule has 3 rings (SSSR count). The molecule has 0 radical (unpaired) electrons. The Labute approximate surface area is 117 Å². The predicted octanol–water partition coefficient (Wildman–Crippen LogP) is 3.22. The van der Waals surface area contributed by atoms with E-state index in [0.29, 0.717) is 5.75 Å². The minimum Gasteiger partial charge on any atom is -0.326 e. The second-order valence-electron chi connectivity index (χ2n) is 4.67. The van der Waals surface area contributed by atoms with Crippen molar-refractivity contribution in [3.05, 3.63) is 42.1 Å². The maximum absolute atomic E-state index is 12.0. The molecule has 3 nitrogen and oxygen atoms in total. The highest BCUT2D eigenvalue weighted by Crippen LogP contribution is 2.40. The van der Waals surface area contributed by atoms with Crippen molar-refractivity contribution in [1.29, 1.82) is 0 Å². The Kier molecular flexibility index (Phi) is 3.42. The number of benzene rings is 1. The topological polar surface area (TPSA) is 33.2 Å². The summed E-state index contributed by atoms with van der Waals surface area (Å²) in [6.45, 7) is 2.94. The SMILES string of the molecule is CCCN1C(=O)CSC1c1ccnc2ccccc12. The molecule has 19 heavy (non-hydrogen) atoms. The molecule has 0 bridgehead atoms. The van der Waals surface area contributed by atoms with E-state index in [1.54, 1.807) is 11.8 Å². The average molecular weight is 272 g/mol. The molecule has 1 aliphatic heterocycles. The minimum absolute atomic E-state index is 0.139. The van der Waals surface area contributed by atoms with Crippen molar-refractivity contribution in [3.8, 4) is 0 Å². The molecule has 1 saturated heterocycles. The van der Waals surface area contributed by atoms with Crippen molar-refractivity contribution in [1.82, 2.24) is 9.88 Å². The van der Waals surface area contributed by atoms with Gasteiger partial charge in [0, 0.05) is 18.1 Å². The lowest BCUT2D eigenvalue weighted by Gasteiger charge is -2.24. The molecule has 1 atom stereocenters. The summed E-state index contributed by atoms with van der Waals surface area (Å²) in [5, 5.41) is 1.29. The van der Waals surface area contributed by atoms with Crippen LogP contribution in [0.15, 0.2) is 36.5 Å². The van der Waals surface area contributed by atoms with Gasteiger partial charge in [-0.05, 0) is 24.1 Å². The quantitative estimate of drug-likeness (QED) is 0.860. The highest BCUT2D eigenvalue weighted by Gasteiger charge is 2.32. The molecule has 98 valence electrons. The molecule has 2 heterocycles. The number of rotatable bonds is 3. The number of hydrogen-bond acceptors (Lipinski definition) is 3. The van der Waals surface area contributed by atoms with Crippen LogP contribution >= 0.6 is 11.8 Å². The lowest BCUT2D eigenvalue weighted by atomic mass is 10.1. The van der Waals surface area contributed by atoms with Gasteiger partial charge in [-0.2, -0.15) is 0 Å². The zero-order valence-electron chi connectivity index (χ0n) is 10.9. The molecule has 1 aromatic carbocycles. The predicted molar refractivity (Wildman–Crippen MR) is 78.9 cm³/mol. The molecule has 1 aliphatic rings. The van der Waals surface area contributed by atoms with Gasteiger partial charge in [0.05, 0.1) is 11.3 Å². The highest BCUT2D eigenvalue weighted by atomic mass is 32.2. The summed E-state index contributed by atoms with van der Waals surface area (Å²) in [4.78, 5) is 18.4. The number of nitrogens with zero attached hydrogens (tertiary/aromatic N) is 2. The summed E-state index contributed by atoms with van der Waals surface area (Å²) in [5.74, 6) is 0.833. The standard InChI is InChI=1S/C15H16N2OS/c1-2-9-17-14(18)10-19-15(17)12-7-8-16-13-6-4-3-5-11(12)13/h3-8,15H,2,9-10H2,1H3. The van der Waals surface area contributed by atoms with Crippen LogP contribution in [0.1, 0.15) is 24.3 Å². The van der Waals surface area contributed by atoms with Gasteiger partial charge in [-0.1, -0.05) is 25.1 Å². The normalized spacial score (nSPS) is 19.3. The molecule has 1 unspecified atom stereocenters. The summed E-state index contributed by atoms with van der Waals surface area (Å²) in [6.07, 6.45) is 2.83. The molecule has 4 heteroatoms. The van der Waals surface area contributed by atoms with Crippen LogP contribution in [-0.4, -0.2) is 28.1 Å². The number of aromatic nitrogens is 1. The van der Waals surface area contributed by atoms with Gasteiger partial charge in [-0.25, -0.2) is 0 Å². The largest absolute Gasteiger partial charge is 0.326 e. The molecule has 0 saturated carbocycles. The number of pyridine rings is 1. The van der Waals surface area contributed by atoms with E-state index in [9.17, 15) is 4.79 Å². The number of carbonyl (C=O) groups excluding carboxylic acids is 1. The fourth-order valence-electron chi connectivity index (χ4n) is 2.53. The number of fused-ring (bicyclic) bond motifs is 1. The van der Waals surface area contributed by atoms with Crippen LogP contribution in [0.2, 0.25) is 0 Å². The molecular formula is C15H16N2OS. The Bertz CT molecular complexity index is 609. The van der Waals surface area contributed by atoms with Gasteiger partial charge in [0.15, 0.2) is 0 Å². The highest BCUT2D eigenvalue weighted by molar-refractivity contribution is 8.00. The zero-order chi connectivity index (χ0) is 13.2. The third-order valence-electron chi connectivity index (χ3n) is 3.38. The Morgan fingerprint density at radius 3 is 3.05 bits per heavy atom. The summed E-state index contributed by atoms with van der Waals surface area (Å²) < 4.78 is 0. The Hall–Kier alpha value is -1.55.